The molecule has 2 aromatic heterocycles. The number of hydrogen-bond donors (Lipinski definition) is 0. The van der Waals surface area contributed by atoms with Crippen LogP contribution in [0.1, 0.15) is 25.5 Å². The average molecular weight is 370 g/mol. The molecule has 0 spiro atoms. The number of furan rings is 1. The Bertz CT molecular complexity index is 752. The number of nitrogens with zero attached hydrogens (tertiary/aromatic N) is 4. The molecular formula is C20H26N4O3. The normalized spacial score (nSPS) is 25.8. The Hall–Kier alpha value is -2.41. The van der Waals surface area contributed by atoms with Gasteiger partial charge in [0, 0.05) is 37.9 Å². The topological polar surface area (TPSA) is 71.7 Å². The first-order valence-corrected chi connectivity index (χ1v) is 9.65. The molecule has 2 saturated heterocycles. The van der Waals surface area contributed by atoms with Crippen LogP contribution >= 0.6 is 0 Å². The number of carbonyl (C=O) groups is 1. The van der Waals surface area contributed by atoms with Crippen LogP contribution in [-0.4, -0.2) is 53.6 Å². The highest BCUT2D eigenvalue weighted by molar-refractivity contribution is 5.79. The Labute approximate surface area is 159 Å². The van der Waals surface area contributed by atoms with Crippen molar-refractivity contribution < 1.29 is 13.9 Å². The second-order valence-electron chi connectivity index (χ2n) is 7.42. The van der Waals surface area contributed by atoms with Crippen LogP contribution < -0.4 is 4.90 Å². The summed E-state index contributed by atoms with van der Waals surface area (Å²) in [4.78, 5) is 26.3. The van der Waals surface area contributed by atoms with Crippen molar-refractivity contribution in [1.29, 1.82) is 0 Å². The van der Waals surface area contributed by atoms with Gasteiger partial charge in [0.25, 0.3) is 0 Å². The van der Waals surface area contributed by atoms with Gasteiger partial charge < -0.3 is 14.1 Å². The van der Waals surface area contributed by atoms with Gasteiger partial charge in [-0.25, -0.2) is 9.97 Å². The highest BCUT2D eigenvalue weighted by Gasteiger charge is 2.54. The second-order valence-corrected chi connectivity index (χ2v) is 7.42. The molecule has 2 aliphatic rings. The Morgan fingerprint density at radius 2 is 2.19 bits per heavy atom. The van der Waals surface area contributed by atoms with E-state index in [0.717, 1.165) is 44.8 Å². The van der Waals surface area contributed by atoms with Crippen LogP contribution in [0.5, 0.6) is 0 Å². The summed E-state index contributed by atoms with van der Waals surface area (Å²) in [6.07, 6.45) is 6.99. The fourth-order valence-electron chi connectivity index (χ4n) is 4.49. The molecule has 144 valence electrons. The molecule has 0 saturated carbocycles. The summed E-state index contributed by atoms with van der Waals surface area (Å²) in [5.74, 6) is 1.75. The number of rotatable bonds is 5. The summed E-state index contributed by atoms with van der Waals surface area (Å²) in [7, 11) is 0. The van der Waals surface area contributed by atoms with Crippen molar-refractivity contribution in [2.24, 2.45) is 11.3 Å². The van der Waals surface area contributed by atoms with Crippen molar-refractivity contribution in [3.8, 4) is 0 Å². The number of carbonyl (C=O) groups excluding carboxylic acids is 1. The highest BCUT2D eigenvalue weighted by Crippen LogP contribution is 2.44. The third-order valence-corrected chi connectivity index (χ3v) is 5.75. The van der Waals surface area contributed by atoms with E-state index in [1.54, 1.807) is 18.7 Å². The van der Waals surface area contributed by atoms with Gasteiger partial charge in [-0.2, -0.15) is 0 Å². The molecule has 2 atom stereocenters. The van der Waals surface area contributed by atoms with Crippen LogP contribution in [0, 0.1) is 11.3 Å². The summed E-state index contributed by atoms with van der Waals surface area (Å²) < 4.78 is 11.0. The third kappa shape index (κ3) is 3.56. The minimum atomic E-state index is -0.493. The van der Waals surface area contributed by atoms with Crippen LogP contribution in [0.4, 0.5) is 5.95 Å². The molecule has 0 aromatic carbocycles. The molecule has 4 rings (SSSR count). The first kappa shape index (κ1) is 18.0. The molecule has 7 heteroatoms. The van der Waals surface area contributed by atoms with E-state index in [-0.39, 0.29) is 11.9 Å². The number of esters is 1. The molecule has 2 fully saturated rings. The van der Waals surface area contributed by atoms with Crippen LogP contribution in [-0.2, 0) is 16.1 Å². The molecule has 4 heterocycles. The monoisotopic (exact) mass is 370 g/mol. The Morgan fingerprint density at radius 3 is 2.93 bits per heavy atom. The molecular weight excluding hydrogens is 344 g/mol. The molecule has 0 N–H and O–H groups in total. The Balaban J connectivity index is 1.58. The molecule has 27 heavy (non-hydrogen) atoms. The van der Waals surface area contributed by atoms with Crippen molar-refractivity contribution in [3.05, 3.63) is 42.6 Å². The summed E-state index contributed by atoms with van der Waals surface area (Å²) >= 11 is 0. The molecule has 0 amide bonds. The van der Waals surface area contributed by atoms with E-state index in [0.29, 0.717) is 19.1 Å². The first-order chi connectivity index (χ1) is 13.2. The van der Waals surface area contributed by atoms with Gasteiger partial charge in [-0.1, -0.05) is 0 Å². The van der Waals surface area contributed by atoms with Crippen LogP contribution in [0.25, 0.3) is 0 Å². The maximum atomic E-state index is 13.0. The quantitative estimate of drug-likeness (QED) is 0.748. The van der Waals surface area contributed by atoms with E-state index >= 15 is 0 Å². The fraction of sp³-hybridized carbons (Fsp3) is 0.550. The predicted octanol–water partition coefficient (Wildman–Crippen LogP) is 2.35. The van der Waals surface area contributed by atoms with Crippen molar-refractivity contribution in [2.45, 2.75) is 26.3 Å². The van der Waals surface area contributed by atoms with E-state index in [1.807, 2.05) is 25.1 Å². The summed E-state index contributed by atoms with van der Waals surface area (Å²) in [6, 6.07) is 5.73. The largest absolute Gasteiger partial charge is 0.468 e. The Morgan fingerprint density at radius 1 is 1.33 bits per heavy atom. The number of hydrogen-bond acceptors (Lipinski definition) is 7. The lowest BCUT2D eigenvalue weighted by Crippen LogP contribution is -2.42. The van der Waals surface area contributed by atoms with Gasteiger partial charge in [0.2, 0.25) is 5.95 Å². The van der Waals surface area contributed by atoms with Gasteiger partial charge in [0.1, 0.15) is 5.76 Å². The standard InChI is InChI=1S/C20H26N4O3/c1-2-26-18(25)20-7-4-10-23(14-17-6-3-11-27-17)12-16(20)13-24(15-20)19-21-8-5-9-22-19/h3,5-6,8-9,11,16H,2,4,7,10,12-15H2,1H3/t16-,20-/m1/s1. The van der Waals surface area contributed by atoms with Gasteiger partial charge in [-0.15, -0.1) is 0 Å². The van der Waals surface area contributed by atoms with Crippen LogP contribution in [0.3, 0.4) is 0 Å². The van der Waals surface area contributed by atoms with E-state index in [2.05, 4.69) is 19.8 Å². The molecule has 2 aliphatic heterocycles. The van der Waals surface area contributed by atoms with E-state index in [1.165, 1.54) is 0 Å². The first-order valence-electron chi connectivity index (χ1n) is 9.65. The molecule has 7 nitrogen and oxygen atoms in total. The van der Waals surface area contributed by atoms with Crippen LogP contribution in [0.2, 0.25) is 0 Å². The highest BCUT2D eigenvalue weighted by atomic mass is 16.5. The molecule has 0 radical (unpaired) electrons. The number of anilines is 1. The van der Waals surface area contributed by atoms with Crippen molar-refractivity contribution >= 4 is 11.9 Å². The van der Waals surface area contributed by atoms with E-state index in [4.69, 9.17) is 9.15 Å². The number of likely N-dealkylation sites (tertiary alicyclic amines) is 1. The summed E-state index contributed by atoms with van der Waals surface area (Å²) in [5, 5.41) is 0. The molecule has 0 bridgehead atoms. The van der Waals surface area contributed by atoms with Gasteiger partial charge in [0.15, 0.2) is 0 Å². The number of ether oxygens (including phenoxy) is 1. The smallest absolute Gasteiger partial charge is 0.314 e. The maximum absolute atomic E-state index is 13.0. The van der Waals surface area contributed by atoms with Gasteiger partial charge in [-0.3, -0.25) is 9.69 Å². The number of aromatic nitrogens is 2. The molecule has 0 unspecified atom stereocenters. The van der Waals surface area contributed by atoms with E-state index in [9.17, 15) is 4.79 Å². The van der Waals surface area contributed by atoms with Gasteiger partial charge >= 0.3 is 5.97 Å². The number of fused-ring (bicyclic) bond motifs is 1. The fourth-order valence-corrected chi connectivity index (χ4v) is 4.49. The lowest BCUT2D eigenvalue weighted by Gasteiger charge is -2.31. The van der Waals surface area contributed by atoms with Crippen molar-refractivity contribution in [3.63, 3.8) is 0 Å². The summed E-state index contributed by atoms with van der Waals surface area (Å²) in [6.45, 7) is 6.22. The zero-order valence-electron chi connectivity index (χ0n) is 15.7. The molecule has 2 aromatic rings. The van der Waals surface area contributed by atoms with Crippen molar-refractivity contribution in [1.82, 2.24) is 14.9 Å². The maximum Gasteiger partial charge on any atom is 0.314 e. The third-order valence-electron chi connectivity index (χ3n) is 5.75. The minimum absolute atomic E-state index is 0.0757. The van der Waals surface area contributed by atoms with Gasteiger partial charge in [0.05, 0.1) is 24.8 Å². The lowest BCUT2D eigenvalue weighted by atomic mass is 9.75. The van der Waals surface area contributed by atoms with E-state index < -0.39 is 5.41 Å². The predicted molar refractivity (Wildman–Crippen MR) is 100 cm³/mol. The second kappa shape index (κ2) is 7.68. The zero-order chi connectivity index (χ0) is 18.7. The van der Waals surface area contributed by atoms with Crippen molar-refractivity contribution in [2.75, 3.05) is 37.7 Å². The SMILES string of the molecule is CCOC(=O)[C@@]12CCCN(Cc3ccco3)C[C@@H]1CN(c1ncccn1)C2. The van der Waals surface area contributed by atoms with Gasteiger partial charge in [-0.05, 0) is 44.5 Å². The zero-order valence-corrected chi connectivity index (χ0v) is 15.7. The molecule has 0 aliphatic carbocycles. The van der Waals surface area contributed by atoms with Crippen LogP contribution in [0.15, 0.2) is 41.3 Å². The lowest BCUT2D eigenvalue weighted by molar-refractivity contribution is -0.157. The average Bonchev–Trinajstić information content (AvgIpc) is 3.28. The Kier molecular flexibility index (Phi) is 5.11. The summed E-state index contributed by atoms with van der Waals surface area (Å²) in [5.41, 5.74) is -0.493. The minimum Gasteiger partial charge on any atom is -0.468 e.